The molecule has 0 aliphatic carbocycles. The number of hydrogen-bond donors (Lipinski definition) is 2. The number of nitrogens with zero attached hydrogens (tertiary/aromatic N) is 1. The van der Waals surface area contributed by atoms with Crippen LogP contribution in [0.3, 0.4) is 0 Å². The molecule has 1 amide bonds. The number of rotatable bonds is 6. The maximum absolute atomic E-state index is 11.3. The molecule has 1 aliphatic rings. The summed E-state index contributed by atoms with van der Waals surface area (Å²) in [5.41, 5.74) is -1.27. The number of ether oxygens (including phenoxy) is 1. The Morgan fingerprint density at radius 1 is 1.36 bits per heavy atom. The average molecular weight is 413 g/mol. The average Bonchev–Trinajstić information content (AvgIpc) is 2.56. The molecule has 0 aromatic carbocycles. The van der Waals surface area contributed by atoms with Crippen LogP contribution >= 0.6 is 0 Å². The lowest BCUT2D eigenvalue weighted by molar-refractivity contribution is -0.108. The van der Waals surface area contributed by atoms with Crippen molar-refractivity contribution < 1.29 is 19.1 Å². The van der Waals surface area contributed by atoms with Gasteiger partial charge in [-0.3, -0.25) is 0 Å². The van der Waals surface area contributed by atoms with Gasteiger partial charge in [0.05, 0.1) is 30.9 Å². The molecular weight excluding hydrogens is 372 g/mol. The molecule has 1 aliphatic heterocycles. The lowest BCUT2D eigenvalue weighted by Crippen LogP contribution is -2.59. The van der Waals surface area contributed by atoms with Gasteiger partial charge in [0.25, 0.3) is 0 Å². The summed E-state index contributed by atoms with van der Waals surface area (Å²) in [7, 11) is -1.93. The Hall–Kier alpha value is -1.10. The maximum Gasteiger partial charge on any atom is 0.404 e. The van der Waals surface area contributed by atoms with E-state index in [4.69, 9.17) is 9.16 Å². The molecule has 0 aromatic rings. The van der Waals surface area contributed by atoms with Crippen molar-refractivity contribution in [2.24, 2.45) is 10.8 Å². The van der Waals surface area contributed by atoms with Gasteiger partial charge in [-0.05, 0) is 42.8 Å². The Balaban J connectivity index is 2.98. The molecule has 1 rings (SSSR count). The van der Waals surface area contributed by atoms with Gasteiger partial charge in [0.2, 0.25) is 0 Å². The lowest BCUT2D eigenvalue weighted by Gasteiger charge is -2.48. The normalized spacial score (nSPS) is 26.2. The molecule has 0 saturated carbocycles. The standard InChI is InChI=1S/C21H40N2O4Si/c1-10-15(27-28(8,9)20(5,6)7)16-11-12-21(13-22,14-26-16)17(19(2,3)4)23-18(24)25/h15-17,23H,10-12,14H2,1-9H3,(H,24,25). The molecule has 1 heterocycles. The van der Waals surface area contributed by atoms with E-state index in [0.717, 1.165) is 6.42 Å². The highest BCUT2D eigenvalue weighted by atomic mass is 28.4. The van der Waals surface area contributed by atoms with Crippen molar-refractivity contribution in [1.82, 2.24) is 5.32 Å². The first-order valence-electron chi connectivity index (χ1n) is 10.3. The predicted molar refractivity (Wildman–Crippen MR) is 114 cm³/mol. The third-order valence-corrected chi connectivity index (χ3v) is 10.9. The second-order valence-corrected chi connectivity index (χ2v) is 15.5. The summed E-state index contributed by atoms with van der Waals surface area (Å²) in [5.74, 6) is 0. The van der Waals surface area contributed by atoms with Crippen LogP contribution in [0.25, 0.3) is 0 Å². The Morgan fingerprint density at radius 3 is 2.25 bits per heavy atom. The highest BCUT2D eigenvalue weighted by Crippen LogP contribution is 2.43. The van der Waals surface area contributed by atoms with Crippen LogP contribution in [0.15, 0.2) is 0 Å². The van der Waals surface area contributed by atoms with E-state index in [1.807, 2.05) is 20.8 Å². The molecule has 0 bridgehead atoms. The van der Waals surface area contributed by atoms with Crippen LogP contribution in [0.4, 0.5) is 4.79 Å². The third-order valence-electron chi connectivity index (χ3n) is 6.41. The summed E-state index contributed by atoms with van der Waals surface area (Å²) in [6, 6.07) is 1.89. The van der Waals surface area contributed by atoms with Crippen molar-refractivity contribution in [2.45, 2.75) is 104 Å². The first-order chi connectivity index (χ1) is 12.6. The minimum Gasteiger partial charge on any atom is -0.465 e. The zero-order chi connectivity index (χ0) is 22.0. The van der Waals surface area contributed by atoms with Crippen LogP contribution in [0.1, 0.15) is 67.7 Å². The van der Waals surface area contributed by atoms with Crippen LogP contribution in [0, 0.1) is 22.2 Å². The Morgan fingerprint density at radius 2 is 1.93 bits per heavy atom. The van der Waals surface area contributed by atoms with E-state index < -0.39 is 31.3 Å². The molecule has 1 fully saturated rings. The van der Waals surface area contributed by atoms with Gasteiger partial charge in [-0.25, -0.2) is 4.79 Å². The minimum absolute atomic E-state index is 0.00176. The van der Waals surface area contributed by atoms with Crippen molar-refractivity contribution >= 4 is 14.4 Å². The number of nitrogens with one attached hydrogen (secondary N) is 1. The Bertz CT molecular complexity index is 579. The maximum atomic E-state index is 11.3. The van der Waals surface area contributed by atoms with E-state index in [1.165, 1.54) is 0 Å². The van der Waals surface area contributed by atoms with Crippen molar-refractivity contribution in [1.29, 1.82) is 5.26 Å². The number of carbonyl (C=O) groups is 1. The van der Waals surface area contributed by atoms with Gasteiger partial charge in [0, 0.05) is 0 Å². The first kappa shape index (κ1) is 24.9. The second-order valence-electron chi connectivity index (χ2n) is 10.7. The van der Waals surface area contributed by atoms with Crippen molar-refractivity contribution in [3.8, 4) is 6.07 Å². The molecule has 0 aromatic heterocycles. The largest absolute Gasteiger partial charge is 0.465 e. The van der Waals surface area contributed by atoms with Crippen LogP contribution in [-0.2, 0) is 9.16 Å². The lowest BCUT2D eigenvalue weighted by atomic mass is 9.66. The van der Waals surface area contributed by atoms with Gasteiger partial charge in [-0.2, -0.15) is 5.26 Å². The van der Waals surface area contributed by atoms with E-state index in [-0.39, 0.29) is 23.9 Å². The number of hydrogen-bond acceptors (Lipinski definition) is 4. The van der Waals surface area contributed by atoms with Crippen LogP contribution in [0.5, 0.6) is 0 Å². The van der Waals surface area contributed by atoms with E-state index in [9.17, 15) is 15.2 Å². The zero-order valence-electron chi connectivity index (χ0n) is 19.2. The highest BCUT2D eigenvalue weighted by molar-refractivity contribution is 6.74. The summed E-state index contributed by atoms with van der Waals surface area (Å²) in [6.45, 7) is 19.3. The number of amides is 1. The molecule has 2 N–H and O–H groups in total. The van der Waals surface area contributed by atoms with Gasteiger partial charge in [0.1, 0.15) is 5.41 Å². The van der Waals surface area contributed by atoms with Crippen LogP contribution in [0.2, 0.25) is 18.1 Å². The fourth-order valence-electron chi connectivity index (χ4n) is 3.77. The minimum atomic E-state index is -1.93. The van der Waals surface area contributed by atoms with Gasteiger partial charge >= 0.3 is 6.09 Å². The molecule has 0 radical (unpaired) electrons. The third kappa shape index (κ3) is 5.71. The van der Waals surface area contributed by atoms with E-state index in [1.54, 1.807) is 0 Å². The molecule has 4 atom stereocenters. The molecule has 28 heavy (non-hydrogen) atoms. The zero-order valence-corrected chi connectivity index (χ0v) is 20.2. The summed E-state index contributed by atoms with van der Waals surface area (Å²) < 4.78 is 12.8. The topological polar surface area (TPSA) is 91.6 Å². The van der Waals surface area contributed by atoms with Gasteiger partial charge in [0.15, 0.2) is 8.32 Å². The van der Waals surface area contributed by atoms with Gasteiger partial charge < -0.3 is 19.6 Å². The van der Waals surface area contributed by atoms with E-state index >= 15 is 0 Å². The van der Waals surface area contributed by atoms with E-state index in [0.29, 0.717) is 12.8 Å². The number of nitriles is 1. The number of carboxylic acid groups (broad SMARTS) is 1. The van der Waals surface area contributed by atoms with Crippen molar-refractivity contribution in [3.05, 3.63) is 0 Å². The first-order valence-corrected chi connectivity index (χ1v) is 13.2. The molecule has 4 unspecified atom stereocenters. The monoisotopic (exact) mass is 412 g/mol. The molecule has 162 valence electrons. The fraction of sp³-hybridized carbons (Fsp3) is 0.905. The fourth-order valence-corrected chi connectivity index (χ4v) is 5.20. The van der Waals surface area contributed by atoms with Gasteiger partial charge in [-0.1, -0.05) is 48.5 Å². The van der Waals surface area contributed by atoms with Crippen LogP contribution < -0.4 is 5.32 Å². The van der Waals surface area contributed by atoms with E-state index in [2.05, 4.69) is 52.2 Å². The smallest absolute Gasteiger partial charge is 0.404 e. The molecule has 0 spiro atoms. The van der Waals surface area contributed by atoms with Gasteiger partial charge in [-0.15, -0.1) is 0 Å². The summed E-state index contributed by atoms with van der Waals surface area (Å²) in [5, 5.41) is 22.0. The molecule has 1 saturated heterocycles. The predicted octanol–water partition coefficient (Wildman–Crippen LogP) is 5.16. The molecular formula is C21H40N2O4Si. The SMILES string of the molecule is CCC(O[Si](C)(C)C(C)(C)C)C1CCC(C#N)(C(NC(=O)O)C(C)(C)C)CO1. The Kier molecular flexibility index (Phi) is 7.77. The Labute approximate surface area is 172 Å². The summed E-state index contributed by atoms with van der Waals surface area (Å²) in [4.78, 5) is 11.3. The highest BCUT2D eigenvalue weighted by Gasteiger charge is 2.50. The second kappa shape index (κ2) is 8.72. The van der Waals surface area contributed by atoms with Crippen molar-refractivity contribution in [2.75, 3.05) is 6.61 Å². The summed E-state index contributed by atoms with van der Waals surface area (Å²) in [6.07, 6.45) is 0.961. The van der Waals surface area contributed by atoms with Crippen LogP contribution in [-0.4, -0.2) is 44.4 Å². The quantitative estimate of drug-likeness (QED) is 0.588. The molecule has 7 heteroatoms. The molecule has 6 nitrogen and oxygen atoms in total. The van der Waals surface area contributed by atoms with Crippen molar-refractivity contribution in [3.63, 3.8) is 0 Å². The summed E-state index contributed by atoms with van der Waals surface area (Å²) >= 11 is 0.